The third-order valence-electron chi connectivity index (χ3n) is 3.06. The minimum atomic E-state index is -0.588. The van der Waals surface area contributed by atoms with Crippen molar-refractivity contribution < 1.29 is 14.9 Å². The average molecular weight is 238 g/mol. The fourth-order valence-electron chi connectivity index (χ4n) is 1.84. The second-order valence-corrected chi connectivity index (χ2v) is 4.32. The Morgan fingerprint density at radius 1 is 1.06 bits per heavy atom. The van der Waals surface area contributed by atoms with E-state index >= 15 is 0 Å². The summed E-state index contributed by atoms with van der Waals surface area (Å²) < 4.78 is 5.44. The predicted octanol–water partition coefficient (Wildman–Crippen LogP) is 1.73. The van der Waals surface area contributed by atoms with Crippen LogP contribution in [-0.2, 0) is 10.2 Å². The summed E-state index contributed by atoms with van der Waals surface area (Å²) in [5.74, 6) is 0. The van der Waals surface area contributed by atoms with Gasteiger partial charge >= 0.3 is 0 Å². The van der Waals surface area contributed by atoms with E-state index in [9.17, 15) is 10.2 Å². The lowest BCUT2D eigenvalue weighted by molar-refractivity contribution is 0.0627. The first kappa shape index (κ1) is 14.2. The average Bonchev–Trinajstić information content (AvgIpc) is 2.41. The molecule has 0 unspecified atom stereocenters. The summed E-state index contributed by atoms with van der Waals surface area (Å²) in [6, 6.07) is 9.64. The number of hydrogen-bond acceptors (Lipinski definition) is 3. The van der Waals surface area contributed by atoms with Gasteiger partial charge in [-0.2, -0.15) is 0 Å². The molecule has 1 aromatic carbocycles. The fraction of sp³-hybridized carbons (Fsp3) is 0.571. The van der Waals surface area contributed by atoms with E-state index in [0.29, 0.717) is 13.0 Å². The van der Waals surface area contributed by atoms with E-state index in [1.165, 1.54) is 0 Å². The van der Waals surface area contributed by atoms with Gasteiger partial charge in [0, 0.05) is 18.6 Å². The van der Waals surface area contributed by atoms with Crippen LogP contribution >= 0.6 is 0 Å². The number of benzene rings is 1. The molecule has 0 spiro atoms. The lowest BCUT2D eigenvalue weighted by Gasteiger charge is -2.30. The van der Waals surface area contributed by atoms with Crippen molar-refractivity contribution in [3.8, 4) is 0 Å². The zero-order valence-corrected chi connectivity index (χ0v) is 10.4. The fourth-order valence-corrected chi connectivity index (χ4v) is 1.84. The molecule has 1 rings (SSSR count). The molecular weight excluding hydrogens is 216 g/mol. The van der Waals surface area contributed by atoms with Crippen LogP contribution in [0.5, 0.6) is 0 Å². The molecule has 0 atom stereocenters. The standard InChI is InChI=1S/C14H22O3/c1-2-9-17-10-8-14(11-15,12-16)13-6-4-3-5-7-13/h3-7,15-16H,2,8-12H2,1H3. The molecule has 0 saturated heterocycles. The van der Waals surface area contributed by atoms with Gasteiger partial charge in [-0.1, -0.05) is 37.3 Å². The van der Waals surface area contributed by atoms with Crippen molar-refractivity contribution in [1.82, 2.24) is 0 Å². The van der Waals surface area contributed by atoms with E-state index < -0.39 is 5.41 Å². The summed E-state index contributed by atoms with van der Waals surface area (Å²) in [6.07, 6.45) is 1.61. The summed E-state index contributed by atoms with van der Waals surface area (Å²) in [5.41, 5.74) is 0.375. The van der Waals surface area contributed by atoms with Gasteiger partial charge in [0.2, 0.25) is 0 Å². The molecule has 0 aromatic heterocycles. The molecular formula is C14H22O3. The Balaban J connectivity index is 2.68. The largest absolute Gasteiger partial charge is 0.395 e. The van der Waals surface area contributed by atoms with Gasteiger partial charge < -0.3 is 14.9 Å². The molecule has 0 aliphatic heterocycles. The van der Waals surface area contributed by atoms with Crippen molar-refractivity contribution in [2.24, 2.45) is 0 Å². The van der Waals surface area contributed by atoms with E-state index in [1.807, 2.05) is 30.3 Å². The molecule has 17 heavy (non-hydrogen) atoms. The summed E-state index contributed by atoms with van der Waals surface area (Å²) >= 11 is 0. The first-order valence-electron chi connectivity index (χ1n) is 6.14. The van der Waals surface area contributed by atoms with Crippen LogP contribution in [0.1, 0.15) is 25.3 Å². The van der Waals surface area contributed by atoms with Gasteiger partial charge in [0.25, 0.3) is 0 Å². The lowest BCUT2D eigenvalue weighted by Crippen LogP contribution is -2.36. The first-order valence-corrected chi connectivity index (χ1v) is 6.14. The number of ether oxygens (including phenoxy) is 1. The Bertz CT molecular complexity index is 294. The molecule has 2 N–H and O–H groups in total. The molecule has 0 fully saturated rings. The summed E-state index contributed by atoms with van der Waals surface area (Å²) in [6.45, 7) is 3.21. The van der Waals surface area contributed by atoms with E-state index in [-0.39, 0.29) is 13.2 Å². The van der Waals surface area contributed by atoms with Gasteiger partial charge in [0.15, 0.2) is 0 Å². The van der Waals surface area contributed by atoms with Crippen LogP contribution in [0.3, 0.4) is 0 Å². The second kappa shape index (κ2) is 7.43. The Hall–Kier alpha value is -0.900. The van der Waals surface area contributed by atoms with Gasteiger partial charge in [-0.15, -0.1) is 0 Å². The van der Waals surface area contributed by atoms with Crippen LogP contribution in [0, 0.1) is 0 Å². The highest BCUT2D eigenvalue weighted by molar-refractivity contribution is 5.25. The highest BCUT2D eigenvalue weighted by Crippen LogP contribution is 2.27. The van der Waals surface area contributed by atoms with Gasteiger partial charge in [-0.3, -0.25) is 0 Å². The Morgan fingerprint density at radius 2 is 1.71 bits per heavy atom. The highest BCUT2D eigenvalue weighted by atomic mass is 16.5. The first-order chi connectivity index (χ1) is 8.29. The monoisotopic (exact) mass is 238 g/mol. The molecule has 0 aliphatic rings. The van der Waals surface area contributed by atoms with Crippen LogP contribution in [0.2, 0.25) is 0 Å². The third-order valence-corrected chi connectivity index (χ3v) is 3.06. The smallest absolute Gasteiger partial charge is 0.0550 e. The zero-order chi connectivity index (χ0) is 12.6. The molecule has 0 bridgehead atoms. The minimum Gasteiger partial charge on any atom is -0.395 e. The van der Waals surface area contributed by atoms with Crippen LogP contribution in [-0.4, -0.2) is 36.6 Å². The van der Waals surface area contributed by atoms with Gasteiger partial charge in [0.05, 0.1) is 13.2 Å². The molecule has 0 heterocycles. The molecule has 3 nitrogen and oxygen atoms in total. The van der Waals surface area contributed by atoms with E-state index in [0.717, 1.165) is 18.6 Å². The molecule has 0 aliphatic carbocycles. The number of rotatable bonds is 8. The summed E-state index contributed by atoms with van der Waals surface area (Å²) in [5, 5.41) is 19.1. The van der Waals surface area contributed by atoms with Crippen LogP contribution in [0.15, 0.2) is 30.3 Å². The Labute approximate surface area is 103 Å². The van der Waals surface area contributed by atoms with Crippen molar-refractivity contribution >= 4 is 0 Å². The summed E-state index contributed by atoms with van der Waals surface area (Å²) in [7, 11) is 0. The number of aliphatic hydroxyl groups excluding tert-OH is 2. The normalized spacial score (nSPS) is 11.7. The van der Waals surface area contributed by atoms with Crippen LogP contribution < -0.4 is 0 Å². The Morgan fingerprint density at radius 3 is 2.24 bits per heavy atom. The van der Waals surface area contributed by atoms with Gasteiger partial charge in [0.1, 0.15) is 0 Å². The van der Waals surface area contributed by atoms with Crippen molar-refractivity contribution in [1.29, 1.82) is 0 Å². The van der Waals surface area contributed by atoms with Crippen LogP contribution in [0.4, 0.5) is 0 Å². The third kappa shape index (κ3) is 3.80. The maximum absolute atomic E-state index is 9.57. The highest BCUT2D eigenvalue weighted by Gasteiger charge is 2.30. The maximum atomic E-state index is 9.57. The quantitative estimate of drug-likeness (QED) is 0.678. The van der Waals surface area contributed by atoms with E-state index in [2.05, 4.69) is 6.92 Å². The Kier molecular flexibility index (Phi) is 6.19. The SMILES string of the molecule is CCCOCCC(CO)(CO)c1ccccc1. The zero-order valence-electron chi connectivity index (χ0n) is 10.4. The molecule has 0 saturated carbocycles. The van der Waals surface area contributed by atoms with Crippen molar-refractivity contribution in [3.63, 3.8) is 0 Å². The topological polar surface area (TPSA) is 49.7 Å². The number of aliphatic hydroxyl groups is 2. The lowest BCUT2D eigenvalue weighted by atomic mass is 9.79. The summed E-state index contributed by atoms with van der Waals surface area (Å²) in [4.78, 5) is 0. The molecule has 0 amide bonds. The molecule has 96 valence electrons. The number of hydrogen-bond donors (Lipinski definition) is 2. The minimum absolute atomic E-state index is 0.0665. The molecule has 3 heteroatoms. The predicted molar refractivity (Wildman–Crippen MR) is 68.0 cm³/mol. The van der Waals surface area contributed by atoms with Crippen LogP contribution in [0.25, 0.3) is 0 Å². The van der Waals surface area contributed by atoms with E-state index in [4.69, 9.17) is 4.74 Å². The van der Waals surface area contributed by atoms with Gasteiger partial charge in [-0.25, -0.2) is 0 Å². The van der Waals surface area contributed by atoms with Gasteiger partial charge in [-0.05, 0) is 18.4 Å². The van der Waals surface area contributed by atoms with Crippen molar-refractivity contribution in [3.05, 3.63) is 35.9 Å². The van der Waals surface area contributed by atoms with Crippen molar-refractivity contribution in [2.45, 2.75) is 25.2 Å². The maximum Gasteiger partial charge on any atom is 0.0550 e. The second-order valence-electron chi connectivity index (χ2n) is 4.32. The van der Waals surface area contributed by atoms with E-state index in [1.54, 1.807) is 0 Å². The molecule has 1 aromatic rings. The molecule has 0 radical (unpaired) electrons. The van der Waals surface area contributed by atoms with Crippen molar-refractivity contribution in [2.75, 3.05) is 26.4 Å².